The first kappa shape index (κ1) is 11.2. The highest BCUT2D eigenvalue weighted by atomic mass is 127. The van der Waals surface area contributed by atoms with Crippen LogP contribution in [-0.4, -0.2) is 21.6 Å². The van der Waals surface area contributed by atoms with Gasteiger partial charge in [-0.3, -0.25) is 4.40 Å². The van der Waals surface area contributed by atoms with Crippen LogP contribution in [0.25, 0.3) is 5.65 Å². The Hall–Kier alpha value is -0.340. The molecule has 80 valence electrons. The largest absolute Gasteiger partial charge is 0.495 e. The molecule has 1 N–H and O–H groups in total. The van der Waals surface area contributed by atoms with Gasteiger partial charge in [-0.25, -0.2) is 4.98 Å². The zero-order valence-electron chi connectivity index (χ0n) is 7.87. The number of halogens is 2. The van der Waals surface area contributed by atoms with E-state index in [0.29, 0.717) is 0 Å². The molecule has 0 radical (unpaired) electrons. The van der Waals surface area contributed by atoms with E-state index < -0.39 is 0 Å². The Morgan fingerprint density at radius 2 is 2.40 bits per heavy atom. The van der Waals surface area contributed by atoms with Gasteiger partial charge in [0.05, 0.1) is 30.1 Å². The second-order valence-corrected chi connectivity index (χ2v) is 4.81. The number of ether oxygens (including phenoxy) is 1. The number of rotatable bonds is 2. The summed E-state index contributed by atoms with van der Waals surface area (Å²) in [6.45, 7) is -0.0426. The highest BCUT2D eigenvalue weighted by Crippen LogP contribution is 2.26. The van der Waals surface area contributed by atoms with Crippen LogP contribution in [0.15, 0.2) is 16.7 Å². The van der Waals surface area contributed by atoms with Crippen molar-refractivity contribution in [3.63, 3.8) is 0 Å². The molecule has 0 aromatic carbocycles. The number of imidazole rings is 1. The summed E-state index contributed by atoms with van der Waals surface area (Å²) in [5, 5.41) is 9.24. The van der Waals surface area contributed by atoms with Crippen LogP contribution in [0.1, 0.15) is 5.69 Å². The van der Waals surface area contributed by atoms with Gasteiger partial charge >= 0.3 is 0 Å². The highest BCUT2D eigenvalue weighted by Gasteiger charge is 2.12. The SMILES string of the molecule is COc1cc(Br)c2nc(I)c(CO)n2c1. The Morgan fingerprint density at radius 3 is 3.00 bits per heavy atom. The van der Waals surface area contributed by atoms with Gasteiger partial charge in [-0.1, -0.05) is 0 Å². The fraction of sp³-hybridized carbons (Fsp3) is 0.222. The summed E-state index contributed by atoms with van der Waals surface area (Å²) in [6, 6.07) is 1.85. The third kappa shape index (κ3) is 1.85. The minimum Gasteiger partial charge on any atom is -0.495 e. The minimum atomic E-state index is -0.0426. The number of methoxy groups -OCH3 is 1. The average molecular weight is 383 g/mol. The van der Waals surface area contributed by atoms with Crippen LogP contribution in [0.5, 0.6) is 5.75 Å². The minimum absolute atomic E-state index is 0.0426. The van der Waals surface area contributed by atoms with Crippen molar-refractivity contribution >= 4 is 44.2 Å². The first-order valence-corrected chi connectivity index (χ1v) is 6.05. The maximum Gasteiger partial charge on any atom is 0.152 e. The lowest BCUT2D eigenvalue weighted by Gasteiger charge is -2.04. The van der Waals surface area contributed by atoms with Crippen LogP contribution >= 0.6 is 38.5 Å². The lowest BCUT2D eigenvalue weighted by molar-refractivity contribution is 0.274. The van der Waals surface area contributed by atoms with E-state index in [2.05, 4.69) is 43.5 Å². The molecule has 0 fully saturated rings. The summed E-state index contributed by atoms with van der Waals surface area (Å²) in [5.41, 5.74) is 1.55. The number of pyridine rings is 1. The second kappa shape index (κ2) is 4.26. The molecule has 0 atom stereocenters. The first-order chi connectivity index (χ1) is 7.17. The highest BCUT2D eigenvalue weighted by molar-refractivity contribution is 14.1. The van der Waals surface area contributed by atoms with E-state index in [0.717, 1.165) is 25.3 Å². The lowest BCUT2D eigenvalue weighted by atomic mass is 10.4. The van der Waals surface area contributed by atoms with E-state index in [1.165, 1.54) is 0 Å². The maximum absolute atomic E-state index is 9.24. The molecular weight excluding hydrogens is 375 g/mol. The molecule has 15 heavy (non-hydrogen) atoms. The molecule has 2 aromatic heterocycles. The molecule has 0 aliphatic heterocycles. The van der Waals surface area contributed by atoms with Gasteiger partial charge in [-0.2, -0.15) is 0 Å². The zero-order valence-corrected chi connectivity index (χ0v) is 11.6. The van der Waals surface area contributed by atoms with Gasteiger partial charge in [-0.05, 0) is 44.6 Å². The second-order valence-electron chi connectivity index (χ2n) is 2.93. The fourth-order valence-electron chi connectivity index (χ4n) is 1.35. The van der Waals surface area contributed by atoms with Gasteiger partial charge in [0.1, 0.15) is 9.45 Å². The third-order valence-corrected chi connectivity index (χ3v) is 3.53. The van der Waals surface area contributed by atoms with Gasteiger partial charge in [-0.15, -0.1) is 0 Å². The van der Waals surface area contributed by atoms with Gasteiger partial charge in [0, 0.05) is 0 Å². The molecule has 6 heteroatoms. The summed E-state index contributed by atoms with van der Waals surface area (Å²) < 4.78 is 8.62. The fourth-order valence-corrected chi connectivity index (χ4v) is 2.52. The number of aromatic nitrogens is 2. The van der Waals surface area contributed by atoms with Crippen LogP contribution in [0.2, 0.25) is 0 Å². The van der Waals surface area contributed by atoms with Crippen molar-refractivity contribution in [3.05, 3.63) is 26.1 Å². The average Bonchev–Trinajstić information content (AvgIpc) is 2.54. The molecule has 2 rings (SSSR count). The Kier molecular flexibility index (Phi) is 3.17. The van der Waals surface area contributed by atoms with Crippen LogP contribution in [-0.2, 0) is 6.61 Å². The predicted molar refractivity (Wildman–Crippen MR) is 68.1 cm³/mol. The molecule has 0 saturated heterocycles. The van der Waals surface area contributed by atoms with E-state index in [1.54, 1.807) is 13.3 Å². The van der Waals surface area contributed by atoms with Crippen LogP contribution < -0.4 is 4.74 Å². The number of aliphatic hydroxyl groups excluding tert-OH is 1. The molecule has 0 spiro atoms. The van der Waals surface area contributed by atoms with Gasteiger partial charge in [0.15, 0.2) is 5.65 Å². The standard InChI is InChI=1S/C9H8BrIN2O2/c1-15-5-2-6(10)9-12-8(11)7(4-14)13(9)3-5/h2-3,14H,4H2,1H3. The zero-order chi connectivity index (χ0) is 11.0. The van der Waals surface area contributed by atoms with Gasteiger partial charge in [0.25, 0.3) is 0 Å². The lowest BCUT2D eigenvalue weighted by Crippen LogP contribution is -1.95. The topological polar surface area (TPSA) is 46.8 Å². The Morgan fingerprint density at radius 1 is 1.67 bits per heavy atom. The van der Waals surface area contributed by atoms with E-state index in [-0.39, 0.29) is 6.61 Å². The van der Waals surface area contributed by atoms with Crippen LogP contribution in [0.4, 0.5) is 0 Å². The molecule has 0 aliphatic carbocycles. The quantitative estimate of drug-likeness (QED) is 0.810. The molecule has 2 aromatic rings. The normalized spacial score (nSPS) is 10.9. The number of fused-ring (bicyclic) bond motifs is 1. The van der Waals surface area contributed by atoms with Gasteiger partial charge in [0.2, 0.25) is 0 Å². The number of hydrogen-bond donors (Lipinski definition) is 1. The van der Waals surface area contributed by atoms with Crippen LogP contribution in [0, 0.1) is 3.70 Å². The number of hydrogen-bond acceptors (Lipinski definition) is 3. The summed E-state index contributed by atoms with van der Waals surface area (Å²) in [7, 11) is 1.61. The van der Waals surface area contributed by atoms with Crippen molar-refractivity contribution < 1.29 is 9.84 Å². The third-order valence-electron chi connectivity index (χ3n) is 2.09. The van der Waals surface area contributed by atoms with Crippen molar-refractivity contribution in [2.45, 2.75) is 6.61 Å². The number of nitrogens with zero attached hydrogens (tertiary/aromatic N) is 2. The van der Waals surface area contributed by atoms with Crippen molar-refractivity contribution in [3.8, 4) is 5.75 Å². The molecule has 0 aliphatic rings. The molecule has 0 unspecified atom stereocenters. The summed E-state index contributed by atoms with van der Waals surface area (Å²) in [4.78, 5) is 4.35. The predicted octanol–water partition coefficient (Wildman–Crippen LogP) is 2.20. The molecule has 0 saturated carbocycles. The number of aliphatic hydroxyl groups is 1. The van der Waals surface area contributed by atoms with Crippen molar-refractivity contribution in [2.75, 3.05) is 7.11 Å². The van der Waals surface area contributed by atoms with Crippen molar-refractivity contribution in [1.29, 1.82) is 0 Å². The van der Waals surface area contributed by atoms with E-state index in [9.17, 15) is 5.11 Å². The van der Waals surface area contributed by atoms with Crippen molar-refractivity contribution in [2.24, 2.45) is 0 Å². The Labute approximate surface area is 109 Å². The Balaban J connectivity index is 2.80. The first-order valence-electron chi connectivity index (χ1n) is 4.18. The van der Waals surface area contributed by atoms with E-state index in [4.69, 9.17) is 4.74 Å². The molecule has 4 nitrogen and oxygen atoms in total. The van der Waals surface area contributed by atoms with Gasteiger partial charge < -0.3 is 9.84 Å². The van der Waals surface area contributed by atoms with E-state index in [1.807, 2.05) is 10.5 Å². The van der Waals surface area contributed by atoms with Crippen LogP contribution in [0.3, 0.4) is 0 Å². The monoisotopic (exact) mass is 382 g/mol. The molecule has 2 heterocycles. The van der Waals surface area contributed by atoms with E-state index >= 15 is 0 Å². The molecule has 0 bridgehead atoms. The van der Waals surface area contributed by atoms with Crippen molar-refractivity contribution in [1.82, 2.24) is 9.38 Å². The smallest absolute Gasteiger partial charge is 0.152 e. The Bertz CT molecular complexity index is 512. The molecular formula is C9H8BrIN2O2. The maximum atomic E-state index is 9.24. The summed E-state index contributed by atoms with van der Waals surface area (Å²) >= 11 is 5.52. The molecule has 0 amide bonds. The summed E-state index contributed by atoms with van der Waals surface area (Å²) in [5.74, 6) is 0.720. The summed E-state index contributed by atoms with van der Waals surface area (Å²) in [6.07, 6.45) is 1.81.